The quantitative estimate of drug-likeness (QED) is 0.222. The highest BCUT2D eigenvalue weighted by Crippen LogP contribution is 2.24. The number of rotatable bonds is 13. The molecule has 188 valence electrons. The Labute approximate surface area is 210 Å². The Morgan fingerprint density at radius 3 is 2.69 bits per heavy atom. The van der Waals surface area contributed by atoms with Gasteiger partial charge in [-0.2, -0.15) is 0 Å². The normalized spacial score (nSPS) is 11.9. The number of hydrogen-bond acceptors (Lipinski definition) is 5. The molecule has 3 heterocycles. The molecule has 0 bridgehead atoms. The van der Waals surface area contributed by atoms with Gasteiger partial charge in [0, 0.05) is 30.5 Å². The number of aromatic nitrogens is 4. The van der Waals surface area contributed by atoms with E-state index >= 15 is 0 Å². The fraction of sp³-hybridized carbons (Fsp3) is 0.357. The number of hydrogen-bond donors (Lipinski definition) is 3. The molecule has 1 atom stereocenters. The lowest BCUT2D eigenvalue weighted by molar-refractivity contribution is -0.121. The van der Waals surface area contributed by atoms with E-state index in [1.807, 2.05) is 55.7 Å². The van der Waals surface area contributed by atoms with E-state index in [1.54, 1.807) is 13.3 Å². The number of unbranched alkanes of at least 4 members (excludes halogenated alkanes) is 2. The van der Waals surface area contributed by atoms with Gasteiger partial charge in [-0.1, -0.05) is 50.1 Å². The fourth-order valence-corrected chi connectivity index (χ4v) is 4.32. The maximum Gasteiger partial charge on any atom is 0.225 e. The summed E-state index contributed by atoms with van der Waals surface area (Å²) in [7, 11) is 1.57. The highest BCUT2D eigenvalue weighted by molar-refractivity contribution is 5.89. The largest absolute Gasteiger partial charge is 0.481 e. The van der Waals surface area contributed by atoms with Gasteiger partial charge in [-0.3, -0.25) is 9.59 Å². The predicted octanol–water partition coefficient (Wildman–Crippen LogP) is 5.29. The van der Waals surface area contributed by atoms with Crippen LogP contribution in [0.15, 0.2) is 55.0 Å². The summed E-state index contributed by atoms with van der Waals surface area (Å²) < 4.78 is 5.24. The molecule has 3 aromatic heterocycles. The summed E-state index contributed by atoms with van der Waals surface area (Å²) in [6.45, 7) is 1.90. The zero-order valence-corrected chi connectivity index (χ0v) is 20.8. The summed E-state index contributed by atoms with van der Waals surface area (Å²) in [5, 5.41) is 4.10. The summed E-state index contributed by atoms with van der Waals surface area (Å²) in [6, 6.07) is 11.6. The highest BCUT2D eigenvalue weighted by Gasteiger charge is 2.19. The summed E-state index contributed by atoms with van der Waals surface area (Å²) in [4.78, 5) is 40.1. The molecule has 0 spiro atoms. The van der Waals surface area contributed by atoms with Crippen LogP contribution in [0.4, 0.5) is 0 Å². The van der Waals surface area contributed by atoms with Crippen molar-refractivity contribution in [3.8, 4) is 17.1 Å². The first kappa shape index (κ1) is 25.2. The topological polar surface area (TPSA) is 113 Å². The molecule has 3 N–H and O–H groups in total. The number of nitrogens with zero attached hydrogens (tertiary/aromatic N) is 2. The third kappa shape index (κ3) is 6.38. The molecule has 8 heteroatoms. The Hall–Kier alpha value is -3.94. The monoisotopic (exact) mass is 487 g/mol. The zero-order valence-electron chi connectivity index (χ0n) is 20.8. The Balaban J connectivity index is 1.46. The second-order valence-electron chi connectivity index (χ2n) is 8.92. The maximum atomic E-state index is 13.1. The minimum Gasteiger partial charge on any atom is -0.481 e. The van der Waals surface area contributed by atoms with Crippen molar-refractivity contribution in [2.75, 3.05) is 7.11 Å². The smallest absolute Gasteiger partial charge is 0.225 e. The van der Waals surface area contributed by atoms with Crippen LogP contribution in [0.2, 0.25) is 0 Å². The third-order valence-electron chi connectivity index (χ3n) is 6.38. The third-order valence-corrected chi connectivity index (χ3v) is 6.38. The molecule has 36 heavy (non-hydrogen) atoms. The predicted molar refractivity (Wildman–Crippen MR) is 140 cm³/mol. The molecule has 0 aliphatic carbocycles. The number of methoxy groups -OCH3 is 1. The van der Waals surface area contributed by atoms with Crippen molar-refractivity contribution in [2.24, 2.45) is 0 Å². The second-order valence-corrected chi connectivity index (χ2v) is 8.92. The lowest BCUT2D eigenvalue weighted by Crippen LogP contribution is -2.30. The summed E-state index contributed by atoms with van der Waals surface area (Å²) >= 11 is 0. The van der Waals surface area contributed by atoms with Crippen molar-refractivity contribution < 1.29 is 14.3 Å². The molecule has 0 saturated carbocycles. The Kier molecular flexibility index (Phi) is 8.49. The van der Waals surface area contributed by atoms with E-state index in [9.17, 15) is 9.59 Å². The van der Waals surface area contributed by atoms with Crippen molar-refractivity contribution in [2.45, 2.75) is 57.9 Å². The van der Waals surface area contributed by atoms with E-state index in [4.69, 9.17) is 4.74 Å². The van der Waals surface area contributed by atoms with Crippen molar-refractivity contribution in [1.29, 1.82) is 0 Å². The number of ketones is 1. The van der Waals surface area contributed by atoms with Gasteiger partial charge in [0.2, 0.25) is 11.8 Å². The van der Waals surface area contributed by atoms with E-state index in [-0.39, 0.29) is 18.4 Å². The van der Waals surface area contributed by atoms with Gasteiger partial charge in [0.1, 0.15) is 11.6 Å². The number of pyridine rings is 1. The van der Waals surface area contributed by atoms with Crippen LogP contribution in [-0.2, 0) is 16.0 Å². The number of carbonyl (C=O) groups is 2. The molecule has 1 aromatic carbocycles. The molecule has 0 radical (unpaired) electrons. The van der Waals surface area contributed by atoms with Gasteiger partial charge in [-0.05, 0) is 24.0 Å². The van der Waals surface area contributed by atoms with E-state index in [0.29, 0.717) is 24.5 Å². The number of carbonyl (C=O) groups excluding carboxylic acids is 2. The first-order valence-corrected chi connectivity index (χ1v) is 12.5. The lowest BCUT2D eigenvalue weighted by Gasteiger charge is -2.17. The number of fused-ring (bicyclic) bond motifs is 1. The SMILES string of the molecule is CCC(=O)CCCCC[C@H](NC(=O)Cc1c[nH]c2cnc(OC)cc12)c1ncc(-c2ccccc2)[nH]1. The van der Waals surface area contributed by atoms with Crippen LogP contribution in [0, 0.1) is 0 Å². The van der Waals surface area contributed by atoms with E-state index in [2.05, 4.69) is 25.3 Å². The summed E-state index contributed by atoms with van der Waals surface area (Å²) in [5.74, 6) is 1.45. The van der Waals surface area contributed by atoms with E-state index in [0.717, 1.165) is 59.2 Å². The summed E-state index contributed by atoms with van der Waals surface area (Å²) in [5.41, 5.74) is 3.69. The van der Waals surface area contributed by atoms with E-state index < -0.39 is 0 Å². The van der Waals surface area contributed by atoms with Gasteiger partial charge < -0.3 is 20.0 Å². The molecule has 4 aromatic rings. The molecule has 0 aliphatic rings. The maximum absolute atomic E-state index is 13.1. The van der Waals surface area contributed by atoms with E-state index in [1.165, 1.54) is 0 Å². The average molecular weight is 488 g/mol. The summed E-state index contributed by atoms with van der Waals surface area (Å²) in [6.07, 6.45) is 10.2. The van der Waals surface area contributed by atoms with Crippen molar-refractivity contribution in [3.63, 3.8) is 0 Å². The lowest BCUT2D eigenvalue weighted by atomic mass is 10.0. The molecular weight excluding hydrogens is 454 g/mol. The van der Waals surface area contributed by atoms with Gasteiger partial charge in [-0.25, -0.2) is 9.97 Å². The highest BCUT2D eigenvalue weighted by atomic mass is 16.5. The Bertz CT molecular complexity index is 1300. The fourth-order valence-electron chi connectivity index (χ4n) is 4.32. The zero-order chi connectivity index (χ0) is 25.3. The van der Waals surface area contributed by atoms with Crippen LogP contribution in [-0.4, -0.2) is 38.7 Å². The second kappa shape index (κ2) is 12.2. The number of Topliss-reactive ketones (excluding diaryl/α,β-unsaturated/α-hetero) is 1. The number of imidazole rings is 1. The van der Waals surface area contributed by atoms with Crippen LogP contribution in [0.25, 0.3) is 22.2 Å². The molecule has 1 amide bonds. The average Bonchev–Trinajstić information content (AvgIpc) is 3.55. The molecule has 8 nitrogen and oxygen atoms in total. The van der Waals surface area contributed by atoms with Crippen molar-refractivity contribution in [3.05, 3.63) is 66.4 Å². The standard InChI is InChI=1S/C28H33N5O3/c1-3-21(34)12-8-5-9-13-23(28-31-17-24(33-28)19-10-6-4-7-11-19)32-26(35)14-20-16-29-25-18-30-27(36-2)15-22(20)25/h4,6-7,10-11,15-18,23,29H,3,5,8-9,12-14H2,1-2H3,(H,31,33)(H,32,35)/t23-/m0/s1. The first-order chi connectivity index (χ1) is 17.6. The number of nitrogens with one attached hydrogen (secondary N) is 3. The number of ether oxygens (including phenoxy) is 1. The number of aromatic amines is 2. The van der Waals surface area contributed by atoms with Gasteiger partial charge in [0.15, 0.2) is 0 Å². The minimum atomic E-state index is -0.252. The van der Waals surface area contributed by atoms with Crippen LogP contribution in [0.1, 0.15) is 62.9 Å². The van der Waals surface area contributed by atoms with Crippen molar-refractivity contribution >= 4 is 22.6 Å². The van der Waals surface area contributed by atoms with Gasteiger partial charge in [0.05, 0.1) is 43.2 Å². The van der Waals surface area contributed by atoms with Crippen LogP contribution in [0.5, 0.6) is 5.88 Å². The van der Waals surface area contributed by atoms with Crippen molar-refractivity contribution in [1.82, 2.24) is 25.3 Å². The van der Waals surface area contributed by atoms with Crippen LogP contribution in [0.3, 0.4) is 0 Å². The molecule has 0 saturated heterocycles. The number of amides is 1. The van der Waals surface area contributed by atoms with Gasteiger partial charge in [0.25, 0.3) is 0 Å². The number of benzene rings is 1. The first-order valence-electron chi connectivity index (χ1n) is 12.5. The Morgan fingerprint density at radius 2 is 1.92 bits per heavy atom. The minimum absolute atomic E-state index is 0.0875. The molecule has 0 unspecified atom stereocenters. The van der Waals surface area contributed by atoms with Gasteiger partial charge in [-0.15, -0.1) is 0 Å². The van der Waals surface area contributed by atoms with Gasteiger partial charge >= 0.3 is 0 Å². The van der Waals surface area contributed by atoms with Crippen LogP contribution < -0.4 is 10.1 Å². The Morgan fingerprint density at radius 1 is 1.08 bits per heavy atom. The molecule has 4 rings (SSSR count). The number of H-pyrrole nitrogens is 2. The molecule has 0 aliphatic heterocycles. The molecular formula is C28H33N5O3. The van der Waals surface area contributed by atoms with Crippen LogP contribution >= 0.6 is 0 Å². The molecule has 0 fully saturated rings.